The zero-order valence-electron chi connectivity index (χ0n) is 18.2. The Kier molecular flexibility index (Phi) is 6.44. The van der Waals surface area contributed by atoms with E-state index >= 15 is 0 Å². The van der Waals surface area contributed by atoms with Gasteiger partial charge in [0, 0.05) is 24.2 Å². The van der Waals surface area contributed by atoms with Crippen molar-refractivity contribution in [2.24, 2.45) is 10.7 Å². The molecule has 0 bridgehead atoms. The molecule has 36 heavy (non-hydrogen) atoms. The lowest BCUT2D eigenvalue weighted by molar-refractivity contribution is -0.143. The van der Waals surface area contributed by atoms with Gasteiger partial charge in [0.15, 0.2) is 0 Å². The summed E-state index contributed by atoms with van der Waals surface area (Å²) >= 11 is 0. The molecule has 0 saturated carbocycles. The van der Waals surface area contributed by atoms with Crippen LogP contribution in [0.3, 0.4) is 0 Å². The summed E-state index contributed by atoms with van der Waals surface area (Å²) in [7, 11) is 0. The smallest absolute Gasteiger partial charge is 0.366 e. The Bertz CT molecular complexity index is 1300. The minimum absolute atomic E-state index is 0.0387. The number of carbonyl (C=O) groups is 1. The molecule has 0 fully saturated rings. The lowest BCUT2D eigenvalue weighted by Gasteiger charge is -2.17. The number of nitrogens with one attached hydrogen (secondary N) is 1. The molecule has 0 aliphatic carbocycles. The molecule has 2 aromatic carbocycles. The number of alkyl halides is 6. The molecule has 4 rings (SSSR count). The second kappa shape index (κ2) is 9.36. The Morgan fingerprint density at radius 2 is 1.56 bits per heavy atom. The van der Waals surface area contributed by atoms with Crippen LogP contribution in [0.15, 0.2) is 78.2 Å². The van der Waals surface area contributed by atoms with E-state index in [2.05, 4.69) is 15.4 Å². The van der Waals surface area contributed by atoms with Crippen LogP contribution < -0.4 is 11.2 Å². The molecular formula is C24H17F6N5O. The van der Waals surface area contributed by atoms with Gasteiger partial charge in [-0.2, -0.15) is 26.3 Å². The average Bonchev–Trinajstić information content (AvgIpc) is 3.30. The summed E-state index contributed by atoms with van der Waals surface area (Å²) in [4.78, 5) is 20.1. The van der Waals surface area contributed by atoms with Crippen molar-refractivity contribution in [3.05, 3.63) is 95.4 Å². The van der Waals surface area contributed by atoms with E-state index < -0.39 is 35.0 Å². The Hall–Kier alpha value is -4.35. The molecule has 1 aromatic heterocycles. The second-order valence-electron chi connectivity index (χ2n) is 7.75. The van der Waals surface area contributed by atoms with Crippen LogP contribution in [-0.2, 0) is 17.1 Å². The fourth-order valence-corrected chi connectivity index (χ4v) is 3.49. The van der Waals surface area contributed by atoms with Gasteiger partial charge in [0.1, 0.15) is 12.5 Å². The van der Waals surface area contributed by atoms with Gasteiger partial charge in [-0.15, -0.1) is 0 Å². The number of hydrogen-bond donors (Lipinski definition) is 2. The number of hydrazine groups is 1. The Balaban J connectivity index is 1.59. The number of amidine groups is 1. The van der Waals surface area contributed by atoms with E-state index in [1.165, 1.54) is 11.2 Å². The number of aromatic nitrogens is 1. The fourth-order valence-electron chi connectivity index (χ4n) is 3.49. The third kappa shape index (κ3) is 5.48. The van der Waals surface area contributed by atoms with Gasteiger partial charge in [0.05, 0.1) is 16.7 Å². The molecule has 1 aliphatic heterocycles. The van der Waals surface area contributed by atoms with E-state index in [9.17, 15) is 31.1 Å². The van der Waals surface area contributed by atoms with Gasteiger partial charge in [0.25, 0.3) is 5.91 Å². The summed E-state index contributed by atoms with van der Waals surface area (Å²) in [6.45, 7) is -0.183. The standard InChI is InChI=1S/C24H17F6N5O/c25-23(26,27)18-8-17(9-19(10-18)24(28,29)30)22-33-13-35(34-22)12-20(21(31)36)15-5-3-14(4-6-15)16-2-1-7-32-11-16/h1-12H,13H2,(H2,31,36)(H,33,34)/b20-12-. The monoisotopic (exact) mass is 505 g/mol. The van der Waals surface area contributed by atoms with Crippen LogP contribution in [0.4, 0.5) is 26.3 Å². The molecule has 2 heterocycles. The van der Waals surface area contributed by atoms with Crippen LogP contribution >= 0.6 is 0 Å². The Morgan fingerprint density at radius 3 is 2.08 bits per heavy atom. The number of pyridine rings is 1. The number of aliphatic imine (C=N–C) groups is 1. The van der Waals surface area contributed by atoms with E-state index in [0.29, 0.717) is 17.7 Å². The largest absolute Gasteiger partial charge is 0.416 e. The maximum absolute atomic E-state index is 13.2. The average molecular weight is 505 g/mol. The molecule has 1 amide bonds. The maximum atomic E-state index is 13.2. The molecule has 0 unspecified atom stereocenters. The minimum atomic E-state index is -4.99. The molecule has 12 heteroatoms. The fraction of sp³-hybridized carbons (Fsp3) is 0.125. The summed E-state index contributed by atoms with van der Waals surface area (Å²) < 4.78 is 79.1. The number of nitrogens with zero attached hydrogens (tertiary/aromatic N) is 3. The summed E-state index contributed by atoms with van der Waals surface area (Å²) in [5.41, 5.74) is 6.99. The van der Waals surface area contributed by atoms with Crippen LogP contribution in [0.1, 0.15) is 22.3 Å². The predicted molar refractivity (Wildman–Crippen MR) is 120 cm³/mol. The molecular weight excluding hydrogens is 488 g/mol. The van der Waals surface area contributed by atoms with Gasteiger partial charge in [-0.3, -0.25) is 20.2 Å². The molecule has 0 saturated heterocycles. The zero-order valence-corrected chi connectivity index (χ0v) is 18.2. The van der Waals surface area contributed by atoms with E-state index in [1.807, 2.05) is 6.07 Å². The zero-order chi connectivity index (χ0) is 26.1. The minimum Gasteiger partial charge on any atom is -0.366 e. The molecule has 6 nitrogen and oxygen atoms in total. The number of hydrogen-bond acceptors (Lipinski definition) is 5. The molecule has 0 spiro atoms. The molecule has 0 radical (unpaired) electrons. The van der Waals surface area contributed by atoms with E-state index in [1.54, 1.807) is 42.7 Å². The number of rotatable bonds is 5. The van der Waals surface area contributed by atoms with Crippen molar-refractivity contribution in [2.75, 3.05) is 6.67 Å². The number of benzene rings is 2. The van der Waals surface area contributed by atoms with Crippen molar-refractivity contribution < 1.29 is 31.1 Å². The second-order valence-corrected chi connectivity index (χ2v) is 7.75. The summed E-state index contributed by atoms with van der Waals surface area (Å²) in [6, 6.07) is 11.6. The van der Waals surface area contributed by atoms with Crippen LogP contribution in [0.25, 0.3) is 16.7 Å². The van der Waals surface area contributed by atoms with Gasteiger partial charge in [-0.1, -0.05) is 30.3 Å². The lowest BCUT2D eigenvalue weighted by Crippen LogP contribution is -2.33. The number of halogens is 6. The first kappa shape index (κ1) is 24.8. The Morgan fingerprint density at radius 1 is 0.917 bits per heavy atom. The molecule has 1 aliphatic rings. The number of amides is 1. The van der Waals surface area contributed by atoms with Gasteiger partial charge < -0.3 is 5.73 Å². The highest BCUT2D eigenvalue weighted by atomic mass is 19.4. The summed E-state index contributed by atoms with van der Waals surface area (Å²) in [6.07, 6.45) is -5.39. The third-order valence-corrected chi connectivity index (χ3v) is 5.23. The van der Waals surface area contributed by atoms with Crippen molar-refractivity contribution in [3.8, 4) is 11.1 Å². The lowest BCUT2D eigenvalue weighted by atomic mass is 10.0. The summed E-state index contributed by atoms with van der Waals surface area (Å²) in [5, 5.41) is 1.23. The first-order valence-electron chi connectivity index (χ1n) is 10.3. The number of primary amides is 1. The SMILES string of the molecule is NC(=O)/C(=C\N1CN=C(c2cc(C(F)(F)F)cc(C(F)(F)F)c2)N1)c1ccc(-c2cccnc2)cc1. The predicted octanol–water partition coefficient (Wildman–Crippen LogP) is 4.84. The molecule has 3 aromatic rings. The third-order valence-electron chi connectivity index (χ3n) is 5.23. The number of nitrogens with two attached hydrogens (primary N) is 1. The van der Waals surface area contributed by atoms with Crippen molar-refractivity contribution in [3.63, 3.8) is 0 Å². The highest BCUT2D eigenvalue weighted by molar-refractivity contribution is 6.18. The van der Waals surface area contributed by atoms with Crippen LogP contribution in [0.5, 0.6) is 0 Å². The van der Waals surface area contributed by atoms with Gasteiger partial charge in [0.2, 0.25) is 0 Å². The molecule has 0 atom stereocenters. The Labute approximate surface area is 200 Å². The van der Waals surface area contributed by atoms with Gasteiger partial charge >= 0.3 is 12.4 Å². The van der Waals surface area contributed by atoms with Gasteiger partial charge in [-0.05, 0) is 41.0 Å². The van der Waals surface area contributed by atoms with Crippen molar-refractivity contribution in [1.29, 1.82) is 0 Å². The maximum Gasteiger partial charge on any atom is 0.416 e. The van der Waals surface area contributed by atoms with Gasteiger partial charge in [-0.25, -0.2) is 4.99 Å². The van der Waals surface area contributed by atoms with Crippen molar-refractivity contribution in [1.82, 2.24) is 15.4 Å². The quantitative estimate of drug-likeness (QED) is 0.384. The highest BCUT2D eigenvalue weighted by Gasteiger charge is 2.37. The van der Waals surface area contributed by atoms with Crippen LogP contribution in [0, 0.1) is 0 Å². The van der Waals surface area contributed by atoms with Crippen molar-refractivity contribution >= 4 is 17.3 Å². The first-order valence-corrected chi connectivity index (χ1v) is 10.3. The van der Waals surface area contributed by atoms with Crippen LogP contribution in [0.2, 0.25) is 0 Å². The van der Waals surface area contributed by atoms with E-state index in [-0.39, 0.29) is 24.1 Å². The van der Waals surface area contributed by atoms with E-state index in [0.717, 1.165) is 11.1 Å². The van der Waals surface area contributed by atoms with Crippen LogP contribution in [-0.4, -0.2) is 28.4 Å². The topological polar surface area (TPSA) is 83.6 Å². The molecule has 186 valence electrons. The van der Waals surface area contributed by atoms with E-state index in [4.69, 9.17) is 5.73 Å². The molecule has 3 N–H and O–H groups in total. The highest BCUT2D eigenvalue weighted by Crippen LogP contribution is 2.36. The normalized spacial score (nSPS) is 14.4. The van der Waals surface area contributed by atoms with Crippen molar-refractivity contribution in [2.45, 2.75) is 12.4 Å². The number of carbonyl (C=O) groups excluding carboxylic acids is 1. The first-order chi connectivity index (χ1) is 16.9. The summed E-state index contributed by atoms with van der Waals surface area (Å²) in [5.74, 6) is -1.02.